The van der Waals surface area contributed by atoms with E-state index in [-0.39, 0.29) is 12.1 Å². The highest BCUT2D eigenvalue weighted by atomic mass is 16.6. The SMILES string of the molecule is CC(C)(C)OC(=O)N1CCC[C@H]1c1ncc(-c2ccc3c(c2)oc2cc(-c4cnc([C@H]5N[C@@H]6CC[C@H]5C6)[nH]4)ccc23)[nH]1. The second kappa shape index (κ2) is 9.46. The van der Waals surface area contributed by atoms with Crippen LogP contribution in [0.3, 0.4) is 0 Å². The molecule has 216 valence electrons. The van der Waals surface area contributed by atoms with Crippen molar-refractivity contribution in [1.29, 1.82) is 0 Å². The van der Waals surface area contributed by atoms with Crippen molar-refractivity contribution in [3.8, 4) is 22.5 Å². The molecule has 2 aliphatic heterocycles. The van der Waals surface area contributed by atoms with E-state index >= 15 is 0 Å². The lowest BCUT2D eigenvalue weighted by molar-refractivity contribution is 0.0218. The fourth-order valence-corrected chi connectivity index (χ4v) is 7.16. The molecule has 9 heteroatoms. The summed E-state index contributed by atoms with van der Waals surface area (Å²) in [4.78, 5) is 31.0. The second-order valence-corrected chi connectivity index (χ2v) is 13.1. The van der Waals surface area contributed by atoms with Crippen molar-refractivity contribution in [2.24, 2.45) is 5.92 Å². The minimum Gasteiger partial charge on any atom is -0.456 e. The van der Waals surface area contributed by atoms with Gasteiger partial charge in [-0.3, -0.25) is 4.90 Å². The zero-order valence-corrected chi connectivity index (χ0v) is 24.2. The van der Waals surface area contributed by atoms with Gasteiger partial charge in [-0.2, -0.15) is 0 Å². The number of amides is 1. The molecule has 8 rings (SSSR count). The van der Waals surface area contributed by atoms with Gasteiger partial charge in [0.2, 0.25) is 0 Å². The maximum Gasteiger partial charge on any atom is 0.410 e. The van der Waals surface area contributed by atoms with E-state index in [0.29, 0.717) is 24.5 Å². The summed E-state index contributed by atoms with van der Waals surface area (Å²) in [7, 11) is 0. The van der Waals surface area contributed by atoms with Crippen molar-refractivity contribution in [2.75, 3.05) is 6.54 Å². The van der Waals surface area contributed by atoms with E-state index in [1.54, 1.807) is 4.90 Å². The van der Waals surface area contributed by atoms with Gasteiger partial charge in [0.05, 0.1) is 35.9 Å². The Bertz CT molecular complexity index is 1810. The van der Waals surface area contributed by atoms with E-state index in [9.17, 15) is 4.79 Å². The lowest BCUT2D eigenvalue weighted by Crippen LogP contribution is -2.36. The van der Waals surface area contributed by atoms with E-state index in [0.717, 1.165) is 68.9 Å². The third-order valence-electron chi connectivity index (χ3n) is 9.14. The normalized spacial score (nSPS) is 23.9. The molecule has 0 unspecified atom stereocenters. The Morgan fingerprint density at radius 3 is 2.21 bits per heavy atom. The van der Waals surface area contributed by atoms with Gasteiger partial charge in [-0.15, -0.1) is 0 Å². The van der Waals surface area contributed by atoms with Gasteiger partial charge in [0.1, 0.15) is 28.4 Å². The number of carbonyl (C=O) groups is 1. The molecule has 0 spiro atoms. The molecule has 5 aromatic rings. The molecule has 42 heavy (non-hydrogen) atoms. The average molecular weight is 565 g/mol. The zero-order chi connectivity index (χ0) is 28.6. The van der Waals surface area contributed by atoms with Gasteiger partial charge in [-0.05, 0) is 83.1 Å². The first-order chi connectivity index (χ1) is 20.3. The molecule has 2 saturated heterocycles. The van der Waals surface area contributed by atoms with Crippen molar-refractivity contribution >= 4 is 28.0 Å². The summed E-state index contributed by atoms with van der Waals surface area (Å²) in [6, 6.07) is 13.5. The van der Waals surface area contributed by atoms with Crippen LogP contribution in [0.15, 0.2) is 53.2 Å². The molecule has 2 bridgehead atoms. The fourth-order valence-electron chi connectivity index (χ4n) is 7.16. The highest BCUT2D eigenvalue weighted by molar-refractivity contribution is 6.06. The van der Waals surface area contributed by atoms with E-state index in [2.05, 4.69) is 56.7 Å². The van der Waals surface area contributed by atoms with E-state index in [1.807, 2.05) is 33.2 Å². The zero-order valence-electron chi connectivity index (χ0n) is 24.2. The van der Waals surface area contributed by atoms with Crippen molar-refractivity contribution in [1.82, 2.24) is 30.2 Å². The number of rotatable bonds is 4. The van der Waals surface area contributed by atoms with E-state index in [1.165, 1.54) is 19.3 Å². The van der Waals surface area contributed by atoms with Gasteiger partial charge in [-0.25, -0.2) is 14.8 Å². The predicted octanol–water partition coefficient (Wildman–Crippen LogP) is 7.25. The molecule has 3 N–H and O–H groups in total. The number of fused-ring (bicyclic) bond motifs is 5. The number of likely N-dealkylation sites (tertiary alicyclic amines) is 1. The number of benzene rings is 2. The topological polar surface area (TPSA) is 112 Å². The summed E-state index contributed by atoms with van der Waals surface area (Å²) in [5.74, 6) is 2.51. The molecule has 3 aliphatic rings. The number of nitrogens with zero attached hydrogens (tertiary/aromatic N) is 3. The standard InChI is InChI=1S/C33H36N6O3/c1-33(2,3)42-32(40)39-12-4-5-26(39)30-34-16-24(37-30)18-7-10-22-23-11-8-19(15-28(23)41-27(22)14-18)25-17-35-31(38-25)29-20-6-9-21(13-20)36-29/h7-8,10-11,14-17,20-21,26,29,36H,4-6,9,12-13H2,1-3H3,(H,34,37)(H,35,38)/t20-,21+,26-,29-/m0/s1. The lowest BCUT2D eigenvalue weighted by Gasteiger charge is -2.27. The largest absolute Gasteiger partial charge is 0.456 e. The van der Waals surface area contributed by atoms with Crippen molar-refractivity contribution in [2.45, 2.75) is 76.6 Å². The Morgan fingerprint density at radius 1 is 0.929 bits per heavy atom. The molecular formula is C33H36N6O3. The smallest absolute Gasteiger partial charge is 0.410 e. The first-order valence-electron chi connectivity index (χ1n) is 15.1. The maximum absolute atomic E-state index is 12.8. The predicted molar refractivity (Wildman–Crippen MR) is 161 cm³/mol. The average Bonchev–Trinajstić information content (AvgIpc) is 3.80. The van der Waals surface area contributed by atoms with Gasteiger partial charge in [0.25, 0.3) is 0 Å². The Hall–Kier alpha value is -4.11. The number of nitrogens with one attached hydrogen (secondary N) is 3. The quantitative estimate of drug-likeness (QED) is 0.212. The summed E-state index contributed by atoms with van der Waals surface area (Å²) in [5.41, 5.74) is 5.08. The summed E-state index contributed by atoms with van der Waals surface area (Å²) in [6.07, 6.45) is 9.10. The van der Waals surface area contributed by atoms with Gasteiger partial charge >= 0.3 is 6.09 Å². The van der Waals surface area contributed by atoms with Crippen LogP contribution < -0.4 is 5.32 Å². The minimum atomic E-state index is -0.533. The number of H-pyrrole nitrogens is 2. The minimum absolute atomic E-state index is 0.121. The van der Waals surface area contributed by atoms with Crippen molar-refractivity contribution in [3.05, 3.63) is 60.4 Å². The van der Waals surface area contributed by atoms with Crippen LogP contribution in [-0.2, 0) is 4.74 Å². The summed E-state index contributed by atoms with van der Waals surface area (Å²) < 4.78 is 12.0. The number of aromatic nitrogens is 4. The van der Waals surface area contributed by atoms with Crippen LogP contribution >= 0.6 is 0 Å². The number of furan rings is 1. The molecule has 1 amide bonds. The van der Waals surface area contributed by atoms with Crippen LogP contribution in [0, 0.1) is 5.92 Å². The number of hydrogen-bond donors (Lipinski definition) is 3. The Morgan fingerprint density at radius 2 is 1.60 bits per heavy atom. The first-order valence-corrected chi connectivity index (χ1v) is 15.1. The lowest BCUT2D eigenvalue weighted by atomic mass is 10.00. The molecule has 5 heterocycles. The highest BCUT2D eigenvalue weighted by Crippen LogP contribution is 2.43. The molecule has 1 saturated carbocycles. The Kier molecular flexibility index (Phi) is 5.76. The second-order valence-electron chi connectivity index (χ2n) is 13.1. The van der Waals surface area contributed by atoms with Crippen LogP contribution in [0.1, 0.15) is 76.6 Å². The van der Waals surface area contributed by atoms with Crippen LogP contribution in [0.4, 0.5) is 4.79 Å². The summed E-state index contributed by atoms with van der Waals surface area (Å²) in [5, 5.41) is 5.88. The van der Waals surface area contributed by atoms with Crippen LogP contribution in [0.5, 0.6) is 0 Å². The third-order valence-corrected chi connectivity index (χ3v) is 9.14. The van der Waals surface area contributed by atoms with Crippen LogP contribution in [-0.4, -0.2) is 49.1 Å². The molecule has 3 fully saturated rings. The Labute approximate surface area is 244 Å². The Balaban J connectivity index is 1.05. The van der Waals surface area contributed by atoms with Gasteiger partial charge in [0, 0.05) is 34.5 Å². The first kappa shape index (κ1) is 25.6. The van der Waals surface area contributed by atoms with Gasteiger partial charge in [0.15, 0.2) is 0 Å². The number of carbonyl (C=O) groups excluding carboxylic acids is 1. The number of ether oxygens (including phenoxy) is 1. The number of aromatic amines is 2. The summed E-state index contributed by atoms with van der Waals surface area (Å²) in [6.45, 7) is 6.34. The molecule has 0 radical (unpaired) electrons. The highest BCUT2D eigenvalue weighted by Gasteiger charge is 2.41. The van der Waals surface area contributed by atoms with E-state index in [4.69, 9.17) is 14.1 Å². The number of piperidine rings is 1. The monoisotopic (exact) mass is 564 g/mol. The molecule has 2 aromatic carbocycles. The summed E-state index contributed by atoms with van der Waals surface area (Å²) >= 11 is 0. The number of imidazole rings is 2. The maximum atomic E-state index is 12.8. The fraction of sp³-hybridized carbons (Fsp3) is 0.424. The van der Waals surface area contributed by atoms with Crippen molar-refractivity contribution < 1.29 is 13.9 Å². The van der Waals surface area contributed by atoms with Gasteiger partial charge < -0.3 is 24.4 Å². The number of hydrogen-bond acceptors (Lipinski definition) is 6. The van der Waals surface area contributed by atoms with E-state index < -0.39 is 5.60 Å². The van der Waals surface area contributed by atoms with Crippen LogP contribution in [0.25, 0.3) is 44.5 Å². The molecule has 3 aromatic heterocycles. The van der Waals surface area contributed by atoms with Crippen LogP contribution in [0.2, 0.25) is 0 Å². The van der Waals surface area contributed by atoms with Crippen molar-refractivity contribution in [3.63, 3.8) is 0 Å². The van der Waals surface area contributed by atoms with Gasteiger partial charge in [-0.1, -0.05) is 12.1 Å². The molecule has 4 atom stereocenters. The molecule has 1 aliphatic carbocycles. The third kappa shape index (κ3) is 4.38. The molecular weight excluding hydrogens is 528 g/mol. The molecule has 9 nitrogen and oxygen atoms in total.